The van der Waals surface area contributed by atoms with Crippen molar-refractivity contribution in [2.24, 2.45) is 5.92 Å². The highest BCUT2D eigenvalue weighted by atomic mass is 16.5. The molecular weight excluding hydrogens is 378 g/mol. The summed E-state index contributed by atoms with van der Waals surface area (Å²) in [6.07, 6.45) is -0.0809. The molecule has 0 aromatic heterocycles. The number of hydrogen-bond donors (Lipinski definition) is 2. The molecule has 0 spiro atoms. The average Bonchev–Trinajstić information content (AvgIpc) is 2.79. The van der Waals surface area contributed by atoms with E-state index in [-0.39, 0.29) is 18.4 Å². The van der Waals surface area contributed by atoms with Crippen molar-refractivity contribution in [1.29, 1.82) is 0 Å². The van der Waals surface area contributed by atoms with Crippen LogP contribution in [0.3, 0.4) is 0 Å². The van der Waals surface area contributed by atoms with Gasteiger partial charge in [0.1, 0.15) is 5.75 Å². The molecule has 2 N–H and O–H groups in total. The SMILES string of the molecule is CCOc1ccccc1-c1cccc2c(C(=O)N3CC[C@H](O)[C@H](CO)C3)cccc12. The Balaban J connectivity index is 1.76. The average molecular weight is 405 g/mol. The highest BCUT2D eigenvalue weighted by Crippen LogP contribution is 2.36. The lowest BCUT2D eigenvalue weighted by Gasteiger charge is -2.35. The third-order valence-corrected chi connectivity index (χ3v) is 5.85. The third kappa shape index (κ3) is 3.78. The second kappa shape index (κ2) is 8.86. The summed E-state index contributed by atoms with van der Waals surface area (Å²) in [6.45, 7) is 3.27. The zero-order valence-corrected chi connectivity index (χ0v) is 17.1. The Morgan fingerprint density at radius 1 is 1.03 bits per heavy atom. The quantitative estimate of drug-likeness (QED) is 0.679. The minimum Gasteiger partial charge on any atom is -0.493 e. The molecule has 0 aliphatic carbocycles. The molecule has 5 heteroatoms. The molecule has 0 unspecified atom stereocenters. The number of likely N-dealkylation sites (tertiary alicyclic amines) is 1. The maximum Gasteiger partial charge on any atom is 0.254 e. The van der Waals surface area contributed by atoms with Gasteiger partial charge in [0, 0.05) is 30.1 Å². The van der Waals surface area contributed by atoms with Crippen molar-refractivity contribution in [2.45, 2.75) is 19.4 Å². The first-order valence-corrected chi connectivity index (χ1v) is 10.5. The van der Waals surface area contributed by atoms with Crippen molar-refractivity contribution >= 4 is 16.7 Å². The van der Waals surface area contributed by atoms with Crippen LogP contribution in [0.1, 0.15) is 23.7 Å². The van der Waals surface area contributed by atoms with Gasteiger partial charge in [-0.05, 0) is 41.8 Å². The van der Waals surface area contributed by atoms with E-state index in [0.717, 1.165) is 27.6 Å². The Labute approximate surface area is 176 Å². The van der Waals surface area contributed by atoms with Crippen molar-refractivity contribution in [3.63, 3.8) is 0 Å². The highest BCUT2D eigenvalue weighted by molar-refractivity contribution is 6.10. The van der Waals surface area contributed by atoms with Crippen LogP contribution in [0.15, 0.2) is 60.7 Å². The van der Waals surface area contributed by atoms with Gasteiger partial charge in [0.15, 0.2) is 0 Å². The zero-order chi connectivity index (χ0) is 21.1. The maximum absolute atomic E-state index is 13.3. The van der Waals surface area contributed by atoms with E-state index in [1.807, 2.05) is 67.6 Å². The Kier molecular flexibility index (Phi) is 6.02. The third-order valence-electron chi connectivity index (χ3n) is 5.85. The van der Waals surface area contributed by atoms with E-state index >= 15 is 0 Å². The molecule has 1 fully saturated rings. The summed E-state index contributed by atoms with van der Waals surface area (Å²) < 4.78 is 5.82. The number of hydrogen-bond acceptors (Lipinski definition) is 4. The zero-order valence-electron chi connectivity index (χ0n) is 17.1. The number of benzene rings is 3. The van der Waals surface area contributed by atoms with Gasteiger partial charge in [-0.15, -0.1) is 0 Å². The fourth-order valence-corrected chi connectivity index (χ4v) is 4.26. The first-order valence-electron chi connectivity index (χ1n) is 10.5. The molecule has 1 aliphatic heterocycles. The lowest BCUT2D eigenvalue weighted by atomic mass is 9.92. The molecule has 0 radical (unpaired) electrons. The first kappa shape index (κ1) is 20.4. The monoisotopic (exact) mass is 405 g/mol. The smallest absolute Gasteiger partial charge is 0.254 e. The van der Waals surface area contributed by atoms with Gasteiger partial charge in [-0.3, -0.25) is 4.79 Å². The summed E-state index contributed by atoms with van der Waals surface area (Å²) in [5.41, 5.74) is 2.65. The van der Waals surface area contributed by atoms with Crippen molar-refractivity contribution in [3.8, 4) is 16.9 Å². The van der Waals surface area contributed by atoms with Gasteiger partial charge in [-0.1, -0.05) is 48.5 Å². The molecule has 30 heavy (non-hydrogen) atoms. The molecule has 0 bridgehead atoms. The van der Waals surface area contributed by atoms with Crippen LogP contribution in [-0.2, 0) is 0 Å². The largest absolute Gasteiger partial charge is 0.493 e. The van der Waals surface area contributed by atoms with Gasteiger partial charge in [0.05, 0.1) is 19.3 Å². The molecular formula is C25H27NO4. The van der Waals surface area contributed by atoms with Crippen LogP contribution in [0.4, 0.5) is 0 Å². The van der Waals surface area contributed by atoms with Gasteiger partial charge >= 0.3 is 0 Å². The maximum atomic E-state index is 13.3. The Bertz CT molecular complexity index is 1050. The normalized spacial score (nSPS) is 19.1. The Morgan fingerprint density at radius 2 is 1.77 bits per heavy atom. The fourth-order valence-electron chi connectivity index (χ4n) is 4.26. The van der Waals surface area contributed by atoms with Crippen LogP contribution in [0.2, 0.25) is 0 Å². The minimum absolute atomic E-state index is 0.0683. The van der Waals surface area contributed by atoms with Crippen LogP contribution < -0.4 is 4.74 Å². The topological polar surface area (TPSA) is 70.0 Å². The molecule has 4 rings (SSSR count). The first-order chi connectivity index (χ1) is 14.6. The second-order valence-electron chi connectivity index (χ2n) is 7.69. The molecule has 1 heterocycles. The number of rotatable bonds is 5. The van der Waals surface area contributed by atoms with Gasteiger partial charge in [-0.25, -0.2) is 0 Å². The number of carbonyl (C=O) groups excluding carboxylic acids is 1. The van der Waals surface area contributed by atoms with Crippen LogP contribution in [0.5, 0.6) is 5.75 Å². The summed E-state index contributed by atoms with van der Waals surface area (Å²) in [7, 11) is 0. The fraction of sp³-hybridized carbons (Fsp3) is 0.320. The van der Waals surface area contributed by atoms with Crippen LogP contribution in [-0.4, -0.2) is 53.4 Å². The van der Waals surface area contributed by atoms with Gasteiger partial charge < -0.3 is 19.8 Å². The highest BCUT2D eigenvalue weighted by Gasteiger charge is 2.30. The molecule has 1 saturated heterocycles. The number of nitrogens with zero attached hydrogens (tertiary/aromatic N) is 1. The molecule has 2 atom stereocenters. The number of aliphatic hydroxyl groups excluding tert-OH is 2. The van der Waals surface area contributed by atoms with Gasteiger partial charge in [-0.2, -0.15) is 0 Å². The summed E-state index contributed by atoms with van der Waals surface area (Å²) in [4.78, 5) is 15.1. The Hall–Kier alpha value is -2.89. The minimum atomic E-state index is -0.562. The summed E-state index contributed by atoms with van der Waals surface area (Å²) >= 11 is 0. The summed E-state index contributed by atoms with van der Waals surface area (Å²) in [5, 5.41) is 21.4. The van der Waals surface area contributed by atoms with Crippen LogP contribution >= 0.6 is 0 Å². The molecule has 3 aromatic rings. The van der Waals surface area contributed by atoms with Crippen LogP contribution in [0, 0.1) is 5.92 Å². The molecule has 156 valence electrons. The number of ether oxygens (including phenoxy) is 1. The number of piperidine rings is 1. The number of amides is 1. The van der Waals surface area contributed by atoms with Crippen LogP contribution in [0.25, 0.3) is 21.9 Å². The van der Waals surface area contributed by atoms with E-state index in [1.54, 1.807) is 4.90 Å². The number of para-hydroxylation sites is 1. The lowest BCUT2D eigenvalue weighted by Crippen LogP contribution is -2.47. The molecule has 1 aliphatic rings. The van der Waals surface area contributed by atoms with E-state index in [4.69, 9.17) is 4.74 Å². The summed E-state index contributed by atoms with van der Waals surface area (Å²) in [5.74, 6) is 0.451. The van der Waals surface area contributed by atoms with Crippen molar-refractivity contribution in [3.05, 3.63) is 66.2 Å². The molecule has 1 amide bonds. The predicted octanol–water partition coefficient (Wildman–Crippen LogP) is 3.72. The van der Waals surface area contributed by atoms with Gasteiger partial charge in [0.25, 0.3) is 5.91 Å². The Morgan fingerprint density at radius 3 is 2.57 bits per heavy atom. The number of fused-ring (bicyclic) bond motifs is 1. The summed E-state index contributed by atoms with van der Waals surface area (Å²) in [6, 6.07) is 19.7. The van der Waals surface area contributed by atoms with Crippen molar-refractivity contribution < 1.29 is 19.7 Å². The molecule has 0 saturated carbocycles. The van der Waals surface area contributed by atoms with Crippen molar-refractivity contribution in [1.82, 2.24) is 4.90 Å². The number of aliphatic hydroxyl groups is 2. The van der Waals surface area contributed by atoms with Gasteiger partial charge in [0.2, 0.25) is 0 Å². The van der Waals surface area contributed by atoms with E-state index < -0.39 is 6.10 Å². The number of carbonyl (C=O) groups is 1. The van der Waals surface area contributed by atoms with E-state index in [0.29, 0.717) is 31.7 Å². The predicted molar refractivity (Wildman–Crippen MR) is 118 cm³/mol. The van der Waals surface area contributed by atoms with Crippen molar-refractivity contribution in [2.75, 3.05) is 26.3 Å². The van der Waals surface area contributed by atoms with E-state index in [9.17, 15) is 15.0 Å². The molecule has 5 nitrogen and oxygen atoms in total. The van der Waals surface area contributed by atoms with E-state index in [1.165, 1.54) is 0 Å². The lowest BCUT2D eigenvalue weighted by molar-refractivity contribution is 0.00352. The molecule has 3 aromatic carbocycles. The second-order valence-corrected chi connectivity index (χ2v) is 7.69. The van der Waals surface area contributed by atoms with E-state index in [2.05, 4.69) is 0 Å². The standard InChI is InChI=1S/C25H27NO4/c1-2-30-24-12-4-3-7-21(24)19-9-5-10-20-18(19)8-6-11-22(20)25(29)26-14-13-23(28)17(15-26)16-27/h3-12,17,23,27-28H,2,13-16H2,1H3/t17-,23-/m0/s1.